The summed E-state index contributed by atoms with van der Waals surface area (Å²) in [5.41, 5.74) is 0. The van der Waals surface area contributed by atoms with E-state index in [2.05, 4.69) is 10.6 Å². The number of ether oxygens (including phenoxy) is 1. The summed E-state index contributed by atoms with van der Waals surface area (Å²) in [5, 5.41) is 4.97. The molecule has 2 amide bonds. The Morgan fingerprint density at radius 2 is 1.69 bits per heavy atom. The average molecular weight is 251 g/mol. The molecule has 0 heterocycles. The zero-order valence-electron chi connectivity index (χ0n) is 9.55. The fourth-order valence-corrected chi connectivity index (χ4v) is 1.08. The number of halogens is 1. The van der Waals surface area contributed by atoms with E-state index in [-0.39, 0.29) is 0 Å². The van der Waals surface area contributed by atoms with Gasteiger partial charge in [0.05, 0.1) is 0 Å². The molecule has 0 fully saturated rings. The van der Waals surface area contributed by atoms with Gasteiger partial charge in [-0.1, -0.05) is 0 Å². The zero-order valence-corrected chi connectivity index (χ0v) is 10.3. The Morgan fingerprint density at radius 1 is 1.12 bits per heavy atom. The van der Waals surface area contributed by atoms with Crippen molar-refractivity contribution in [2.24, 2.45) is 0 Å². The quantitative estimate of drug-likeness (QED) is 0.369. The fourth-order valence-electron chi connectivity index (χ4n) is 0.950. The van der Waals surface area contributed by atoms with Crippen LogP contribution in [0.1, 0.15) is 19.8 Å². The van der Waals surface area contributed by atoms with Crippen LogP contribution >= 0.6 is 11.6 Å². The summed E-state index contributed by atoms with van der Waals surface area (Å²) < 4.78 is 5.09. The molecule has 0 saturated heterocycles. The number of carbonyl (C=O) groups excluding carboxylic acids is 2. The Balaban J connectivity index is 3.44. The van der Waals surface area contributed by atoms with Gasteiger partial charge in [-0.15, -0.1) is 11.6 Å². The van der Waals surface area contributed by atoms with Crippen molar-refractivity contribution in [3.8, 4) is 0 Å². The minimum Gasteiger partial charge on any atom is -0.382 e. The van der Waals surface area contributed by atoms with Gasteiger partial charge in [-0.25, -0.2) is 0 Å². The lowest BCUT2D eigenvalue weighted by atomic mass is 10.4. The Morgan fingerprint density at radius 3 is 2.19 bits per heavy atom. The first kappa shape index (κ1) is 15.2. The molecule has 0 aliphatic rings. The highest BCUT2D eigenvalue weighted by molar-refractivity contribution is 6.35. The first-order valence-electron chi connectivity index (χ1n) is 5.42. The van der Waals surface area contributed by atoms with Crippen molar-refractivity contribution in [2.75, 3.05) is 32.2 Å². The van der Waals surface area contributed by atoms with E-state index in [9.17, 15) is 9.59 Å². The van der Waals surface area contributed by atoms with Crippen LogP contribution in [0.5, 0.6) is 0 Å². The van der Waals surface area contributed by atoms with Crippen molar-refractivity contribution in [1.82, 2.24) is 10.6 Å². The average Bonchev–Trinajstić information content (AvgIpc) is 2.28. The Hall–Kier alpha value is -0.810. The van der Waals surface area contributed by atoms with Gasteiger partial charge in [0.15, 0.2) is 0 Å². The predicted octanol–water partition coefficient (Wildman–Crippen LogP) is 0.274. The molecule has 0 aromatic carbocycles. The smallest absolute Gasteiger partial charge is 0.309 e. The highest BCUT2D eigenvalue weighted by Gasteiger charge is 2.10. The highest BCUT2D eigenvalue weighted by atomic mass is 35.5. The molecule has 0 aliphatic heterocycles. The van der Waals surface area contributed by atoms with E-state index in [0.29, 0.717) is 45.0 Å². The topological polar surface area (TPSA) is 67.4 Å². The molecule has 0 aliphatic carbocycles. The first-order chi connectivity index (χ1) is 7.72. The Bertz CT molecular complexity index is 212. The van der Waals surface area contributed by atoms with Crippen molar-refractivity contribution in [1.29, 1.82) is 0 Å². The van der Waals surface area contributed by atoms with Crippen LogP contribution < -0.4 is 10.6 Å². The molecule has 0 spiro atoms. The van der Waals surface area contributed by atoms with Gasteiger partial charge in [0.25, 0.3) is 0 Å². The van der Waals surface area contributed by atoms with Crippen molar-refractivity contribution in [3.63, 3.8) is 0 Å². The highest BCUT2D eigenvalue weighted by Crippen LogP contribution is 1.82. The minimum atomic E-state index is -0.610. The second-order valence-corrected chi connectivity index (χ2v) is 3.48. The van der Waals surface area contributed by atoms with Crippen molar-refractivity contribution in [2.45, 2.75) is 19.8 Å². The van der Waals surface area contributed by atoms with Crippen LogP contribution in [-0.2, 0) is 14.3 Å². The Kier molecular flexibility index (Phi) is 10.2. The summed E-state index contributed by atoms with van der Waals surface area (Å²) in [6.45, 7) is 4.02. The summed E-state index contributed by atoms with van der Waals surface area (Å²) in [6.07, 6.45) is 1.36. The van der Waals surface area contributed by atoms with Crippen molar-refractivity contribution >= 4 is 23.4 Å². The molecule has 0 radical (unpaired) electrons. The molecule has 5 nitrogen and oxygen atoms in total. The molecule has 0 unspecified atom stereocenters. The lowest BCUT2D eigenvalue weighted by Crippen LogP contribution is -2.40. The standard InChI is InChI=1S/C10H19ClN2O3/c1-2-16-8-4-7-13-10(15)9(14)12-6-3-5-11/h2-8H2,1H3,(H,12,14)(H,13,15). The third kappa shape index (κ3) is 8.49. The van der Waals surface area contributed by atoms with Crippen LogP contribution in [0, 0.1) is 0 Å². The van der Waals surface area contributed by atoms with Gasteiger partial charge < -0.3 is 15.4 Å². The molecular weight excluding hydrogens is 232 g/mol. The molecule has 2 N–H and O–H groups in total. The summed E-state index contributed by atoms with van der Waals surface area (Å²) in [7, 11) is 0. The van der Waals surface area contributed by atoms with Gasteiger partial charge in [0, 0.05) is 32.2 Å². The maximum Gasteiger partial charge on any atom is 0.309 e. The van der Waals surface area contributed by atoms with E-state index in [0.717, 1.165) is 0 Å². The van der Waals surface area contributed by atoms with Crippen LogP contribution in [0.3, 0.4) is 0 Å². The number of carbonyl (C=O) groups is 2. The van der Waals surface area contributed by atoms with E-state index >= 15 is 0 Å². The van der Waals surface area contributed by atoms with E-state index in [4.69, 9.17) is 16.3 Å². The monoisotopic (exact) mass is 250 g/mol. The van der Waals surface area contributed by atoms with E-state index in [1.165, 1.54) is 0 Å². The van der Waals surface area contributed by atoms with E-state index < -0.39 is 11.8 Å². The van der Waals surface area contributed by atoms with Crippen LogP contribution in [0.25, 0.3) is 0 Å². The maximum absolute atomic E-state index is 11.2. The summed E-state index contributed by atoms with van der Waals surface area (Å²) >= 11 is 5.43. The van der Waals surface area contributed by atoms with Crippen LogP contribution in [0.15, 0.2) is 0 Å². The number of nitrogens with one attached hydrogen (secondary N) is 2. The Labute approximate surface area is 101 Å². The molecule has 0 saturated carbocycles. The second-order valence-electron chi connectivity index (χ2n) is 3.10. The van der Waals surface area contributed by atoms with E-state index in [1.54, 1.807) is 0 Å². The van der Waals surface area contributed by atoms with Crippen LogP contribution in [-0.4, -0.2) is 44.0 Å². The summed E-state index contributed by atoms with van der Waals surface area (Å²) in [5.74, 6) is -0.747. The number of rotatable bonds is 8. The van der Waals surface area contributed by atoms with Gasteiger partial charge in [0.2, 0.25) is 0 Å². The van der Waals surface area contributed by atoms with Crippen molar-refractivity contribution < 1.29 is 14.3 Å². The number of hydrogen-bond acceptors (Lipinski definition) is 3. The molecule has 0 rings (SSSR count). The maximum atomic E-state index is 11.2. The zero-order chi connectivity index (χ0) is 12.2. The molecule has 16 heavy (non-hydrogen) atoms. The lowest BCUT2D eigenvalue weighted by molar-refractivity contribution is -0.139. The van der Waals surface area contributed by atoms with Crippen molar-refractivity contribution in [3.05, 3.63) is 0 Å². The lowest BCUT2D eigenvalue weighted by Gasteiger charge is -2.05. The predicted molar refractivity (Wildman–Crippen MR) is 62.5 cm³/mol. The van der Waals surface area contributed by atoms with Crippen LogP contribution in [0.2, 0.25) is 0 Å². The van der Waals surface area contributed by atoms with Gasteiger partial charge in [-0.05, 0) is 19.8 Å². The van der Waals surface area contributed by atoms with E-state index in [1.807, 2.05) is 6.92 Å². The molecule has 0 atom stereocenters. The molecular formula is C10H19ClN2O3. The van der Waals surface area contributed by atoms with Gasteiger partial charge >= 0.3 is 11.8 Å². The second kappa shape index (κ2) is 10.7. The number of alkyl halides is 1. The largest absolute Gasteiger partial charge is 0.382 e. The van der Waals surface area contributed by atoms with Crippen LogP contribution in [0.4, 0.5) is 0 Å². The third-order valence-electron chi connectivity index (χ3n) is 1.76. The first-order valence-corrected chi connectivity index (χ1v) is 5.95. The minimum absolute atomic E-state index is 0.425. The molecule has 94 valence electrons. The van der Waals surface area contributed by atoms with Gasteiger partial charge in [-0.2, -0.15) is 0 Å². The number of amides is 2. The third-order valence-corrected chi connectivity index (χ3v) is 2.02. The number of hydrogen-bond donors (Lipinski definition) is 2. The molecule has 6 heteroatoms. The summed E-state index contributed by atoms with van der Waals surface area (Å²) in [6, 6.07) is 0. The fraction of sp³-hybridized carbons (Fsp3) is 0.800. The van der Waals surface area contributed by atoms with Gasteiger partial charge in [-0.3, -0.25) is 9.59 Å². The molecule has 0 bridgehead atoms. The normalized spacial score (nSPS) is 9.88. The summed E-state index contributed by atoms with van der Waals surface area (Å²) in [4.78, 5) is 22.3. The molecule has 0 aromatic rings. The SMILES string of the molecule is CCOCCCNC(=O)C(=O)NCCCCl. The molecule has 0 aromatic heterocycles. The van der Waals surface area contributed by atoms with Gasteiger partial charge in [0.1, 0.15) is 0 Å².